The van der Waals surface area contributed by atoms with Gasteiger partial charge in [0, 0.05) is 48.7 Å². The van der Waals surface area contributed by atoms with Gasteiger partial charge in [-0.1, -0.05) is 42.7 Å². The van der Waals surface area contributed by atoms with Crippen LogP contribution in [0.5, 0.6) is 0 Å². The molecule has 2 aliphatic heterocycles. The highest BCUT2D eigenvalue weighted by Gasteiger charge is 2.33. The van der Waals surface area contributed by atoms with Crippen LogP contribution >= 0.6 is 0 Å². The Morgan fingerprint density at radius 3 is 2.64 bits per heavy atom. The number of rotatable bonds is 3. The lowest BCUT2D eigenvalue weighted by Crippen LogP contribution is -2.43. The number of aromatic nitrogens is 2. The zero-order valence-electron chi connectivity index (χ0n) is 15.1. The number of benzene rings is 1. The van der Waals surface area contributed by atoms with Crippen LogP contribution in [0.2, 0.25) is 0 Å². The Labute approximate surface area is 150 Å². The molecule has 3 heterocycles. The van der Waals surface area contributed by atoms with Crippen molar-refractivity contribution in [2.75, 3.05) is 13.1 Å². The number of nitrogens with zero attached hydrogens (tertiary/aromatic N) is 3. The first-order valence-corrected chi connectivity index (χ1v) is 9.65. The lowest BCUT2D eigenvalue weighted by atomic mass is 9.99. The Balaban J connectivity index is 1.43. The van der Waals surface area contributed by atoms with E-state index in [1.165, 1.54) is 56.3 Å². The first kappa shape index (κ1) is 16.7. The molecule has 25 heavy (non-hydrogen) atoms. The molecule has 132 valence electrons. The summed E-state index contributed by atoms with van der Waals surface area (Å²) in [5.41, 5.74) is 3.57. The fraction of sp³-hybridized carbons (Fsp3) is 0.524. The SMILES string of the molecule is Cc1ccc(-c2ncc(CN3CC[C@@H]4NCCCCC[C@H]43)cn2)cc1. The van der Waals surface area contributed by atoms with E-state index < -0.39 is 0 Å². The fourth-order valence-electron chi connectivity index (χ4n) is 4.20. The molecule has 1 N–H and O–H groups in total. The predicted octanol–water partition coefficient (Wildman–Crippen LogP) is 3.56. The van der Waals surface area contributed by atoms with Crippen LogP contribution in [0.25, 0.3) is 11.4 Å². The van der Waals surface area contributed by atoms with Crippen LogP contribution in [0.4, 0.5) is 0 Å². The summed E-state index contributed by atoms with van der Waals surface area (Å²) < 4.78 is 0. The predicted molar refractivity (Wildman–Crippen MR) is 101 cm³/mol. The molecule has 0 saturated carbocycles. The van der Waals surface area contributed by atoms with E-state index in [2.05, 4.69) is 51.4 Å². The maximum Gasteiger partial charge on any atom is 0.159 e. The third-order valence-electron chi connectivity index (χ3n) is 5.64. The molecule has 2 saturated heterocycles. The number of hydrogen-bond donors (Lipinski definition) is 1. The standard InChI is InChI=1S/C21H28N4/c1-16-6-8-18(9-7-16)21-23-13-17(14-24-21)15-25-12-10-19-20(25)5-3-2-4-11-22-19/h6-9,13-14,19-20,22H,2-5,10-12,15H2,1H3/t19-,20+/m0/s1. The van der Waals surface area contributed by atoms with E-state index in [1.807, 2.05) is 12.4 Å². The van der Waals surface area contributed by atoms with Gasteiger partial charge in [0.1, 0.15) is 0 Å². The number of hydrogen-bond acceptors (Lipinski definition) is 4. The summed E-state index contributed by atoms with van der Waals surface area (Å²) in [5, 5.41) is 3.76. The summed E-state index contributed by atoms with van der Waals surface area (Å²) in [6, 6.07) is 9.76. The largest absolute Gasteiger partial charge is 0.312 e. The number of likely N-dealkylation sites (tertiary alicyclic amines) is 1. The Morgan fingerprint density at radius 1 is 1.04 bits per heavy atom. The summed E-state index contributed by atoms with van der Waals surface area (Å²) >= 11 is 0. The molecule has 4 nitrogen and oxygen atoms in total. The maximum atomic E-state index is 4.60. The number of nitrogens with one attached hydrogen (secondary N) is 1. The monoisotopic (exact) mass is 336 g/mol. The van der Waals surface area contributed by atoms with Crippen LogP contribution in [0.3, 0.4) is 0 Å². The fourth-order valence-corrected chi connectivity index (χ4v) is 4.20. The van der Waals surface area contributed by atoms with E-state index in [0.29, 0.717) is 12.1 Å². The van der Waals surface area contributed by atoms with Crippen molar-refractivity contribution in [2.45, 2.75) is 57.7 Å². The molecule has 2 aliphatic rings. The smallest absolute Gasteiger partial charge is 0.159 e. The zero-order chi connectivity index (χ0) is 17.1. The topological polar surface area (TPSA) is 41.1 Å². The van der Waals surface area contributed by atoms with Gasteiger partial charge in [0.15, 0.2) is 5.82 Å². The molecular weight excluding hydrogens is 308 g/mol. The van der Waals surface area contributed by atoms with Crippen molar-refractivity contribution in [1.82, 2.24) is 20.2 Å². The molecule has 4 rings (SSSR count). The summed E-state index contributed by atoms with van der Waals surface area (Å²) in [6.07, 6.45) is 10.7. The van der Waals surface area contributed by atoms with Crippen LogP contribution in [0.15, 0.2) is 36.7 Å². The van der Waals surface area contributed by atoms with Crippen LogP contribution in [0, 0.1) is 6.92 Å². The highest BCUT2D eigenvalue weighted by molar-refractivity contribution is 5.54. The van der Waals surface area contributed by atoms with Crippen molar-refractivity contribution in [1.29, 1.82) is 0 Å². The van der Waals surface area contributed by atoms with Crippen molar-refractivity contribution in [3.05, 3.63) is 47.8 Å². The van der Waals surface area contributed by atoms with Crippen molar-refractivity contribution in [3.63, 3.8) is 0 Å². The van der Waals surface area contributed by atoms with Gasteiger partial charge in [0.2, 0.25) is 0 Å². The van der Waals surface area contributed by atoms with Crippen molar-refractivity contribution in [3.8, 4) is 11.4 Å². The van der Waals surface area contributed by atoms with Gasteiger partial charge in [0.05, 0.1) is 0 Å². The third-order valence-corrected chi connectivity index (χ3v) is 5.64. The van der Waals surface area contributed by atoms with Gasteiger partial charge in [-0.3, -0.25) is 4.90 Å². The van der Waals surface area contributed by atoms with E-state index in [-0.39, 0.29) is 0 Å². The molecule has 0 bridgehead atoms. The lowest BCUT2D eigenvalue weighted by molar-refractivity contribution is 0.204. The van der Waals surface area contributed by atoms with E-state index in [1.54, 1.807) is 0 Å². The van der Waals surface area contributed by atoms with E-state index >= 15 is 0 Å². The van der Waals surface area contributed by atoms with Gasteiger partial charge in [-0.2, -0.15) is 0 Å². The Bertz CT molecular complexity index is 680. The van der Waals surface area contributed by atoms with Gasteiger partial charge in [-0.05, 0) is 32.7 Å². The second kappa shape index (κ2) is 7.63. The minimum atomic E-state index is 0.674. The van der Waals surface area contributed by atoms with Gasteiger partial charge in [-0.25, -0.2) is 9.97 Å². The number of fused-ring (bicyclic) bond motifs is 1. The molecule has 0 amide bonds. The molecule has 0 spiro atoms. The molecule has 2 fully saturated rings. The second-order valence-corrected chi connectivity index (χ2v) is 7.52. The second-order valence-electron chi connectivity index (χ2n) is 7.52. The Morgan fingerprint density at radius 2 is 1.84 bits per heavy atom. The van der Waals surface area contributed by atoms with Crippen LogP contribution < -0.4 is 5.32 Å². The van der Waals surface area contributed by atoms with Crippen LogP contribution in [-0.2, 0) is 6.54 Å². The van der Waals surface area contributed by atoms with Gasteiger partial charge in [0.25, 0.3) is 0 Å². The number of aryl methyl sites for hydroxylation is 1. The average molecular weight is 336 g/mol. The normalized spacial score (nSPS) is 24.5. The first-order chi connectivity index (χ1) is 12.3. The molecule has 2 atom stereocenters. The lowest BCUT2D eigenvalue weighted by Gasteiger charge is -2.30. The minimum Gasteiger partial charge on any atom is -0.312 e. The van der Waals surface area contributed by atoms with Crippen LogP contribution in [-0.4, -0.2) is 40.0 Å². The molecule has 1 aromatic carbocycles. The van der Waals surface area contributed by atoms with E-state index in [9.17, 15) is 0 Å². The highest BCUT2D eigenvalue weighted by atomic mass is 15.2. The summed E-state index contributed by atoms with van der Waals surface area (Å²) in [6.45, 7) is 5.43. The van der Waals surface area contributed by atoms with Crippen LogP contribution in [0.1, 0.15) is 43.2 Å². The maximum absolute atomic E-state index is 4.60. The summed E-state index contributed by atoms with van der Waals surface area (Å²) in [7, 11) is 0. The molecule has 0 unspecified atom stereocenters. The molecule has 0 radical (unpaired) electrons. The van der Waals surface area contributed by atoms with Crippen molar-refractivity contribution in [2.24, 2.45) is 0 Å². The average Bonchev–Trinajstić information content (AvgIpc) is 2.97. The molecule has 0 aliphatic carbocycles. The molecule has 4 heteroatoms. The minimum absolute atomic E-state index is 0.674. The highest BCUT2D eigenvalue weighted by Crippen LogP contribution is 2.26. The van der Waals surface area contributed by atoms with Crippen molar-refractivity contribution < 1.29 is 0 Å². The Kier molecular flexibility index (Phi) is 5.09. The Hall–Kier alpha value is -1.78. The summed E-state index contributed by atoms with van der Waals surface area (Å²) in [4.78, 5) is 11.8. The first-order valence-electron chi connectivity index (χ1n) is 9.65. The molecule has 2 aromatic rings. The van der Waals surface area contributed by atoms with Gasteiger partial charge >= 0.3 is 0 Å². The molecular formula is C21H28N4. The third kappa shape index (κ3) is 3.91. The molecule has 1 aromatic heterocycles. The van der Waals surface area contributed by atoms with E-state index in [4.69, 9.17) is 0 Å². The summed E-state index contributed by atoms with van der Waals surface area (Å²) in [5.74, 6) is 0.815. The quantitative estimate of drug-likeness (QED) is 0.930. The van der Waals surface area contributed by atoms with E-state index in [0.717, 1.165) is 17.9 Å². The van der Waals surface area contributed by atoms with Crippen molar-refractivity contribution >= 4 is 0 Å². The zero-order valence-corrected chi connectivity index (χ0v) is 15.1. The van der Waals surface area contributed by atoms with Gasteiger partial charge < -0.3 is 5.32 Å². The van der Waals surface area contributed by atoms with Gasteiger partial charge in [-0.15, -0.1) is 0 Å².